The van der Waals surface area contributed by atoms with Crippen LogP contribution >= 0.6 is 22.7 Å². The third-order valence-electron chi connectivity index (χ3n) is 2.23. The minimum Gasteiger partial charge on any atom is -0.346 e. The molecule has 0 fully saturated rings. The van der Waals surface area contributed by atoms with E-state index in [0.29, 0.717) is 13.1 Å². The highest BCUT2D eigenvalue weighted by Gasteiger charge is 2.07. The van der Waals surface area contributed by atoms with E-state index in [-0.39, 0.29) is 5.91 Å². The van der Waals surface area contributed by atoms with E-state index in [4.69, 9.17) is 5.73 Å². The van der Waals surface area contributed by atoms with E-state index in [2.05, 4.69) is 17.2 Å². The molecule has 3 nitrogen and oxygen atoms in total. The highest BCUT2D eigenvalue weighted by molar-refractivity contribution is 7.12. The Kier molecular flexibility index (Phi) is 4.53. The van der Waals surface area contributed by atoms with Crippen molar-refractivity contribution in [3.8, 4) is 11.8 Å². The summed E-state index contributed by atoms with van der Waals surface area (Å²) in [5.41, 5.74) is 6.28. The SMILES string of the molecule is NCC#Cc1ccsc1CNC(=O)c1cccs1. The molecular weight excluding hydrogens is 264 g/mol. The summed E-state index contributed by atoms with van der Waals surface area (Å²) < 4.78 is 0. The number of nitrogens with one attached hydrogen (secondary N) is 1. The fraction of sp³-hybridized carbons (Fsp3) is 0.154. The number of thiophene rings is 2. The zero-order valence-corrected chi connectivity index (χ0v) is 11.2. The molecule has 2 rings (SSSR count). The maximum atomic E-state index is 11.8. The van der Waals surface area contributed by atoms with Gasteiger partial charge in [0.2, 0.25) is 0 Å². The lowest BCUT2D eigenvalue weighted by Gasteiger charge is -2.02. The molecule has 0 atom stereocenters. The lowest BCUT2D eigenvalue weighted by atomic mass is 10.2. The first kappa shape index (κ1) is 12.8. The molecule has 5 heteroatoms. The number of amides is 1. The predicted molar refractivity (Wildman–Crippen MR) is 75.7 cm³/mol. The van der Waals surface area contributed by atoms with Crippen molar-refractivity contribution < 1.29 is 4.79 Å². The second-order valence-electron chi connectivity index (χ2n) is 3.42. The van der Waals surface area contributed by atoms with Gasteiger partial charge in [0, 0.05) is 10.4 Å². The molecule has 0 unspecified atom stereocenters. The normalized spacial score (nSPS) is 9.61. The Morgan fingerprint density at radius 3 is 2.94 bits per heavy atom. The van der Waals surface area contributed by atoms with Gasteiger partial charge in [-0.05, 0) is 22.9 Å². The average Bonchev–Trinajstić information content (AvgIpc) is 3.04. The summed E-state index contributed by atoms with van der Waals surface area (Å²) in [7, 11) is 0. The molecule has 18 heavy (non-hydrogen) atoms. The van der Waals surface area contributed by atoms with Gasteiger partial charge >= 0.3 is 0 Å². The van der Waals surface area contributed by atoms with Gasteiger partial charge in [0.25, 0.3) is 5.91 Å². The van der Waals surface area contributed by atoms with Crippen LogP contribution in [0.4, 0.5) is 0 Å². The molecule has 0 aromatic carbocycles. The Hall–Kier alpha value is -1.61. The van der Waals surface area contributed by atoms with Gasteiger partial charge in [-0.1, -0.05) is 17.9 Å². The zero-order valence-electron chi connectivity index (χ0n) is 9.60. The van der Waals surface area contributed by atoms with Gasteiger partial charge in [-0.2, -0.15) is 0 Å². The fourth-order valence-corrected chi connectivity index (χ4v) is 2.80. The third-order valence-corrected chi connectivity index (χ3v) is 4.01. The molecule has 0 aliphatic heterocycles. The smallest absolute Gasteiger partial charge is 0.261 e. The topological polar surface area (TPSA) is 55.1 Å². The molecule has 2 heterocycles. The quantitative estimate of drug-likeness (QED) is 0.843. The van der Waals surface area contributed by atoms with Crippen molar-refractivity contribution in [2.75, 3.05) is 6.54 Å². The van der Waals surface area contributed by atoms with E-state index in [1.165, 1.54) is 11.3 Å². The summed E-state index contributed by atoms with van der Waals surface area (Å²) in [5.74, 6) is 5.77. The number of hydrogen-bond acceptors (Lipinski definition) is 4. The van der Waals surface area contributed by atoms with Gasteiger partial charge in [0.1, 0.15) is 0 Å². The molecule has 0 saturated heterocycles. The minimum atomic E-state index is -0.0452. The Labute approximate surface area is 114 Å². The van der Waals surface area contributed by atoms with Crippen molar-refractivity contribution >= 4 is 28.6 Å². The van der Waals surface area contributed by atoms with Gasteiger partial charge in [0.05, 0.1) is 18.0 Å². The number of hydrogen-bond donors (Lipinski definition) is 2. The van der Waals surface area contributed by atoms with E-state index >= 15 is 0 Å². The largest absolute Gasteiger partial charge is 0.346 e. The summed E-state index contributed by atoms with van der Waals surface area (Å²) in [4.78, 5) is 13.6. The number of rotatable bonds is 3. The van der Waals surface area contributed by atoms with Crippen molar-refractivity contribution in [1.29, 1.82) is 0 Å². The average molecular weight is 276 g/mol. The van der Waals surface area contributed by atoms with Gasteiger partial charge in [0.15, 0.2) is 0 Å². The third kappa shape index (κ3) is 3.20. The molecule has 0 spiro atoms. The molecule has 0 aliphatic carbocycles. The molecule has 0 bridgehead atoms. The highest BCUT2D eigenvalue weighted by atomic mass is 32.1. The van der Waals surface area contributed by atoms with Gasteiger partial charge in [-0.3, -0.25) is 4.79 Å². The highest BCUT2D eigenvalue weighted by Crippen LogP contribution is 2.16. The number of carbonyl (C=O) groups is 1. The molecule has 0 aliphatic rings. The lowest BCUT2D eigenvalue weighted by molar-refractivity contribution is 0.0955. The molecule has 2 aromatic rings. The summed E-state index contributed by atoms with van der Waals surface area (Å²) >= 11 is 3.02. The summed E-state index contributed by atoms with van der Waals surface area (Å²) in [6.45, 7) is 0.847. The first-order valence-corrected chi connectivity index (χ1v) is 7.14. The Morgan fingerprint density at radius 1 is 1.33 bits per heavy atom. The molecule has 0 saturated carbocycles. The van der Waals surface area contributed by atoms with E-state index < -0.39 is 0 Å². The Morgan fingerprint density at radius 2 is 2.22 bits per heavy atom. The van der Waals surface area contributed by atoms with Crippen molar-refractivity contribution in [2.24, 2.45) is 5.73 Å². The zero-order chi connectivity index (χ0) is 12.8. The van der Waals surface area contributed by atoms with E-state index in [1.807, 2.05) is 29.0 Å². The van der Waals surface area contributed by atoms with Crippen molar-refractivity contribution in [3.05, 3.63) is 44.3 Å². The first-order chi connectivity index (χ1) is 8.81. The summed E-state index contributed by atoms with van der Waals surface area (Å²) in [5, 5.41) is 6.74. The number of nitrogens with two attached hydrogens (primary N) is 1. The summed E-state index contributed by atoms with van der Waals surface area (Å²) in [6, 6.07) is 5.62. The van der Waals surface area contributed by atoms with Crippen molar-refractivity contribution in [3.63, 3.8) is 0 Å². The van der Waals surface area contributed by atoms with Crippen LogP contribution in [-0.2, 0) is 6.54 Å². The van der Waals surface area contributed by atoms with Crippen LogP contribution in [-0.4, -0.2) is 12.5 Å². The number of carbonyl (C=O) groups excluding carboxylic acids is 1. The maximum Gasteiger partial charge on any atom is 0.261 e. The van der Waals surface area contributed by atoms with Crippen LogP contribution in [0.15, 0.2) is 29.0 Å². The summed E-state index contributed by atoms with van der Waals surface area (Å²) in [6.07, 6.45) is 0. The Balaban J connectivity index is 1.98. The second kappa shape index (κ2) is 6.36. The maximum absolute atomic E-state index is 11.8. The molecule has 1 amide bonds. The van der Waals surface area contributed by atoms with Gasteiger partial charge in [-0.15, -0.1) is 22.7 Å². The van der Waals surface area contributed by atoms with Gasteiger partial charge < -0.3 is 11.1 Å². The second-order valence-corrected chi connectivity index (χ2v) is 5.37. The van der Waals surface area contributed by atoms with Crippen LogP contribution in [0.3, 0.4) is 0 Å². The minimum absolute atomic E-state index is 0.0452. The molecule has 0 radical (unpaired) electrons. The van der Waals surface area contributed by atoms with Crippen LogP contribution in [0.2, 0.25) is 0 Å². The monoisotopic (exact) mass is 276 g/mol. The molecule has 92 valence electrons. The van der Waals surface area contributed by atoms with Crippen molar-refractivity contribution in [1.82, 2.24) is 5.32 Å². The molecule has 2 aromatic heterocycles. The molecule has 3 N–H and O–H groups in total. The van der Waals surface area contributed by atoms with E-state index in [0.717, 1.165) is 15.3 Å². The van der Waals surface area contributed by atoms with Crippen LogP contribution in [0.25, 0.3) is 0 Å². The van der Waals surface area contributed by atoms with Crippen LogP contribution < -0.4 is 11.1 Å². The van der Waals surface area contributed by atoms with Gasteiger partial charge in [-0.25, -0.2) is 0 Å². The van der Waals surface area contributed by atoms with E-state index in [9.17, 15) is 4.79 Å². The lowest BCUT2D eigenvalue weighted by Crippen LogP contribution is -2.21. The Bertz CT molecular complexity index is 576. The van der Waals surface area contributed by atoms with Crippen LogP contribution in [0, 0.1) is 11.8 Å². The molecular formula is C13H12N2OS2. The predicted octanol–water partition coefficient (Wildman–Crippen LogP) is 2.05. The standard InChI is InChI=1S/C13H12N2OS2/c14-6-1-3-10-5-8-18-12(10)9-15-13(16)11-4-2-7-17-11/h2,4-5,7-8H,6,9,14H2,(H,15,16). The van der Waals surface area contributed by atoms with Crippen LogP contribution in [0.5, 0.6) is 0 Å². The van der Waals surface area contributed by atoms with E-state index in [1.54, 1.807) is 11.3 Å². The fourth-order valence-electron chi connectivity index (χ4n) is 1.39. The van der Waals surface area contributed by atoms with Crippen LogP contribution in [0.1, 0.15) is 20.1 Å². The van der Waals surface area contributed by atoms with Crippen molar-refractivity contribution in [2.45, 2.75) is 6.54 Å². The first-order valence-electron chi connectivity index (χ1n) is 5.38.